The van der Waals surface area contributed by atoms with Gasteiger partial charge in [0.05, 0.1) is 12.8 Å². The molecule has 0 bridgehead atoms. The number of nitrogens with one attached hydrogen (secondary N) is 2. The number of nitrogens with zero attached hydrogens (tertiary/aromatic N) is 1. The number of hydrogen-bond donors (Lipinski definition) is 2. The lowest BCUT2D eigenvalue weighted by Gasteiger charge is -2.13. The van der Waals surface area contributed by atoms with E-state index in [2.05, 4.69) is 31.5 Å². The van der Waals surface area contributed by atoms with Gasteiger partial charge in [-0.3, -0.25) is 10.1 Å². The molecule has 4 rings (SSSR count). The summed E-state index contributed by atoms with van der Waals surface area (Å²) in [6.45, 7) is 4.08. The molecule has 2 N–H and O–H groups in total. The van der Waals surface area contributed by atoms with Gasteiger partial charge < -0.3 is 14.5 Å². The van der Waals surface area contributed by atoms with E-state index in [1.807, 2.05) is 44.2 Å². The number of rotatable bonds is 4. The number of aromatic nitrogens is 1. The van der Waals surface area contributed by atoms with Gasteiger partial charge in [-0.2, -0.15) is 0 Å². The van der Waals surface area contributed by atoms with Crippen LogP contribution in [0.5, 0.6) is 5.75 Å². The second kappa shape index (κ2) is 9.10. The average molecular weight is 510 g/mol. The van der Waals surface area contributed by atoms with Gasteiger partial charge in [-0.1, -0.05) is 22.0 Å². The molecule has 0 spiro atoms. The van der Waals surface area contributed by atoms with Gasteiger partial charge in [0, 0.05) is 15.6 Å². The van der Waals surface area contributed by atoms with E-state index >= 15 is 0 Å². The van der Waals surface area contributed by atoms with Crippen molar-refractivity contribution in [3.63, 3.8) is 0 Å². The predicted octanol–water partition coefficient (Wildman–Crippen LogP) is 6.01. The molecule has 1 amide bonds. The number of anilines is 1. The van der Waals surface area contributed by atoms with Gasteiger partial charge in [-0.05, 0) is 85.7 Å². The summed E-state index contributed by atoms with van der Waals surface area (Å²) in [5.41, 5.74) is 5.64. The monoisotopic (exact) mass is 509 g/mol. The van der Waals surface area contributed by atoms with Crippen molar-refractivity contribution in [1.82, 2.24) is 10.3 Å². The molecular weight excluding hydrogens is 490 g/mol. The Hall–Kier alpha value is -3.23. The molecule has 1 aromatic heterocycles. The zero-order valence-corrected chi connectivity index (χ0v) is 20.1. The van der Waals surface area contributed by atoms with E-state index in [9.17, 15) is 4.79 Å². The standard InChI is InChI=1S/C24H20BrN3O3S/c1-13-9-18-21(10-14(13)2)31-23(26-18)16-7-8-20(30-3)19(12-16)27-24(32)28-22(29)15-5-4-6-17(25)11-15/h4-12H,1-3H3,(H2,27,28,29,32). The Morgan fingerprint density at radius 3 is 2.62 bits per heavy atom. The average Bonchev–Trinajstić information content (AvgIpc) is 3.16. The van der Waals surface area contributed by atoms with E-state index < -0.39 is 0 Å². The van der Waals surface area contributed by atoms with E-state index in [-0.39, 0.29) is 11.0 Å². The number of fused-ring (bicyclic) bond motifs is 1. The molecular formula is C24H20BrN3O3S. The van der Waals surface area contributed by atoms with Crippen molar-refractivity contribution in [2.24, 2.45) is 0 Å². The van der Waals surface area contributed by atoms with Gasteiger partial charge in [-0.15, -0.1) is 0 Å². The van der Waals surface area contributed by atoms with Gasteiger partial charge in [0.1, 0.15) is 11.3 Å². The van der Waals surface area contributed by atoms with Crippen molar-refractivity contribution in [3.05, 3.63) is 75.8 Å². The van der Waals surface area contributed by atoms with E-state index in [0.717, 1.165) is 32.3 Å². The Labute approximate surface area is 199 Å². The number of oxazole rings is 1. The zero-order chi connectivity index (χ0) is 22.8. The highest BCUT2D eigenvalue weighted by Gasteiger charge is 2.14. The molecule has 162 valence electrons. The molecule has 6 nitrogen and oxygen atoms in total. The van der Waals surface area contributed by atoms with E-state index in [1.165, 1.54) is 0 Å². The molecule has 0 radical (unpaired) electrons. The third-order valence-corrected chi connectivity index (χ3v) is 5.71. The van der Waals surface area contributed by atoms with Gasteiger partial charge >= 0.3 is 0 Å². The fraction of sp³-hybridized carbons (Fsp3) is 0.125. The summed E-state index contributed by atoms with van der Waals surface area (Å²) in [4.78, 5) is 17.1. The topological polar surface area (TPSA) is 76.4 Å². The van der Waals surface area contributed by atoms with Gasteiger partial charge in [0.2, 0.25) is 5.89 Å². The maximum absolute atomic E-state index is 12.5. The molecule has 1 heterocycles. The first-order valence-electron chi connectivity index (χ1n) is 9.78. The van der Waals surface area contributed by atoms with Crippen LogP contribution in [0, 0.1) is 13.8 Å². The number of benzene rings is 3. The van der Waals surface area contributed by atoms with Crippen LogP contribution in [0.3, 0.4) is 0 Å². The molecule has 0 atom stereocenters. The van der Waals surface area contributed by atoms with Crippen LogP contribution in [0.1, 0.15) is 21.5 Å². The molecule has 0 fully saturated rings. The van der Waals surface area contributed by atoms with Crippen molar-refractivity contribution in [3.8, 4) is 17.2 Å². The Bertz CT molecular complexity index is 1310. The molecule has 32 heavy (non-hydrogen) atoms. The van der Waals surface area contributed by atoms with Gasteiger partial charge in [0.25, 0.3) is 5.91 Å². The highest BCUT2D eigenvalue weighted by Crippen LogP contribution is 2.32. The predicted molar refractivity (Wildman–Crippen MR) is 133 cm³/mol. The number of aryl methyl sites for hydroxylation is 2. The van der Waals surface area contributed by atoms with Crippen molar-refractivity contribution < 1.29 is 13.9 Å². The Balaban J connectivity index is 1.58. The van der Waals surface area contributed by atoms with Crippen LogP contribution >= 0.6 is 28.1 Å². The molecule has 0 unspecified atom stereocenters. The smallest absolute Gasteiger partial charge is 0.257 e. The van der Waals surface area contributed by atoms with Crippen molar-refractivity contribution in [2.75, 3.05) is 12.4 Å². The maximum Gasteiger partial charge on any atom is 0.257 e. The van der Waals surface area contributed by atoms with Crippen LogP contribution in [-0.4, -0.2) is 23.1 Å². The number of ether oxygens (including phenoxy) is 1. The van der Waals surface area contributed by atoms with Gasteiger partial charge in [-0.25, -0.2) is 4.98 Å². The first kappa shape index (κ1) is 22.0. The van der Waals surface area contributed by atoms with Crippen molar-refractivity contribution >= 4 is 56.0 Å². The fourth-order valence-corrected chi connectivity index (χ4v) is 3.80. The molecule has 0 aliphatic heterocycles. The summed E-state index contributed by atoms with van der Waals surface area (Å²) in [5, 5.41) is 5.86. The number of methoxy groups -OCH3 is 1. The van der Waals surface area contributed by atoms with Gasteiger partial charge in [0.15, 0.2) is 10.7 Å². The highest BCUT2D eigenvalue weighted by molar-refractivity contribution is 9.10. The highest BCUT2D eigenvalue weighted by atomic mass is 79.9. The van der Waals surface area contributed by atoms with E-state index in [1.54, 1.807) is 31.4 Å². The van der Waals surface area contributed by atoms with Crippen molar-refractivity contribution in [1.29, 1.82) is 0 Å². The summed E-state index contributed by atoms with van der Waals surface area (Å²) in [5.74, 6) is 0.735. The van der Waals surface area contributed by atoms with Crippen LogP contribution < -0.4 is 15.4 Å². The number of carbonyl (C=O) groups excluding carboxylic acids is 1. The third kappa shape index (κ3) is 4.66. The summed E-state index contributed by atoms with van der Waals surface area (Å²) in [6, 6.07) is 16.5. The number of thiocarbonyl (C=S) groups is 1. The number of amides is 1. The molecule has 4 aromatic rings. The molecule has 0 saturated heterocycles. The van der Waals surface area contributed by atoms with Crippen LogP contribution in [-0.2, 0) is 0 Å². The van der Waals surface area contributed by atoms with Crippen LogP contribution in [0.2, 0.25) is 0 Å². The maximum atomic E-state index is 12.5. The lowest BCUT2D eigenvalue weighted by atomic mass is 10.1. The van der Waals surface area contributed by atoms with Crippen LogP contribution in [0.4, 0.5) is 5.69 Å². The number of carbonyl (C=O) groups is 1. The van der Waals surface area contributed by atoms with Crippen molar-refractivity contribution in [2.45, 2.75) is 13.8 Å². The summed E-state index contributed by atoms with van der Waals surface area (Å²) in [7, 11) is 1.56. The zero-order valence-electron chi connectivity index (χ0n) is 17.7. The summed E-state index contributed by atoms with van der Waals surface area (Å²) in [6.07, 6.45) is 0. The number of hydrogen-bond acceptors (Lipinski definition) is 5. The minimum Gasteiger partial charge on any atom is -0.495 e. The Kier molecular flexibility index (Phi) is 6.25. The minimum absolute atomic E-state index is 0.147. The summed E-state index contributed by atoms with van der Waals surface area (Å²) >= 11 is 8.70. The van der Waals surface area contributed by atoms with Crippen LogP contribution in [0.25, 0.3) is 22.6 Å². The third-order valence-electron chi connectivity index (χ3n) is 5.01. The SMILES string of the molecule is COc1ccc(-c2nc3cc(C)c(C)cc3o2)cc1NC(=S)NC(=O)c1cccc(Br)c1. The second-order valence-corrected chi connectivity index (χ2v) is 8.58. The molecule has 0 saturated carbocycles. The quantitative estimate of drug-likeness (QED) is 0.328. The molecule has 0 aliphatic rings. The molecule has 0 aliphatic carbocycles. The molecule has 8 heteroatoms. The fourth-order valence-electron chi connectivity index (χ4n) is 3.20. The van der Waals surface area contributed by atoms with E-state index in [4.69, 9.17) is 21.4 Å². The Morgan fingerprint density at radius 2 is 1.88 bits per heavy atom. The largest absolute Gasteiger partial charge is 0.495 e. The Morgan fingerprint density at radius 1 is 1.09 bits per heavy atom. The molecule has 3 aromatic carbocycles. The minimum atomic E-state index is -0.316. The van der Waals surface area contributed by atoms with Crippen LogP contribution in [0.15, 0.2) is 63.5 Å². The number of halogens is 1. The second-order valence-electron chi connectivity index (χ2n) is 7.26. The lowest BCUT2D eigenvalue weighted by Crippen LogP contribution is -2.34. The normalized spacial score (nSPS) is 10.8. The first-order valence-corrected chi connectivity index (χ1v) is 11.0. The lowest BCUT2D eigenvalue weighted by molar-refractivity contribution is 0.0977. The summed E-state index contributed by atoms with van der Waals surface area (Å²) < 4.78 is 12.2. The first-order chi connectivity index (χ1) is 15.3. The van der Waals surface area contributed by atoms with E-state index in [0.29, 0.717) is 22.9 Å².